The average Bonchev–Trinajstić information content (AvgIpc) is 3.23. The van der Waals surface area contributed by atoms with E-state index >= 15 is 0 Å². The quantitative estimate of drug-likeness (QED) is 0.517. The number of rotatable bonds is 3. The van der Waals surface area contributed by atoms with Crippen LogP contribution in [-0.4, -0.2) is 34.7 Å². The van der Waals surface area contributed by atoms with Gasteiger partial charge in [-0.2, -0.15) is 5.10 Å². The maximum Gasteiger partial charge on any atom is 0.248 e. The van der Waals surface area contributed by atoms with Crippen LogP contribution in [0.5, 0.6) is 0 Å². The zero-order valence-corrected chi connectivity index (χ0v) is 15.7. The first-order valence-corrected chi connectivity index (χ1v) is 9.48. The highest BCUT2D eigenvalue weighted by molar-refractivity contribution is 5.80. The molecule has 6 rings (SSSR count). The Bertz CT molecular complexity index is 1450. The van der Waals surface area contributed by atoms with Crippen molar-refractivity contribution in [1.29, 1.82) is 0 Å². The Balaban J connectivity index is 1.50. The number of aromatic nitrogens is 7. The molecule has 0 atom stereocenters. The lowest BCUT2D eigenvalue weighted by Crippen LogP contribution is -2.21. The summed E-state index contributed by atoms with van der Waals surface area (Å²) in [4.78, 5) is 19.3. The molecule has 29 heavy (non-hydrogen) atoms. The van der Waals surface area contributed by atoms with Gasteiger partial charge in [-0.1, -0.05) is 11.3 Å². The van der Waals surface area contributed by atoms with Crippen LogP contribution in [-0.2, 0) is 12.6 Å². The SMILES string of the molecule is Cn1cc(-c2ccc3nnn(C4(c5ccc6[nH]c(=O)ccc6c5)CC4)c3n2)cn1. The van der Waals surface area contributed by atoms with E-state index in [1.54, 1.807) is 16.9 Å². The standard InChI is InChI=1S/C21H17N7O/c1-27-12-14(11-22-27)17-5-6-18-20(24-17)28(26-25-18)21(8-9-21)15-3-4-16-13(10-15)2-7-19(29)23-16/h2-7,10-12H,8-9H2,1H3,(H,23,29). The Morgan fingerprint density at radius 3 is 2.79 bits per heavy atom. The maximum absolute atomic E-state index is 11.6. The van der Waals surface area contributed by atoms with E-state index in [0.717, 1.165) is 51.7 Å². The van der Waals surface area contributed by atoms with Crippen molar-refractivity contribution in [3.05, 3.63) is 70.8 Å². The second-order valence-electron chi connectivity index (χ2n) is 7.60. The van der Waals surface area contributed by atoms with E-state index < -0.39 is 0 Å². The number of fused-ring (bicyclic) bond motifs is 2. The summed E-state index contributed by atoms with van der Waals surface area (Å²) >= 11 is 0. The molecule has 1 fully saturated rings. The Morgan fingerprint density at radius 1 is 1.10 bits per heavy atom. The van der Waals surface area contributed by atoms with Gasteiger partial charge in [0, 0.05) is 30.4 Å². The van der Waals surface area contributed by atoms with Crippen molar-refractivity contribution in [2.24, 2.45) is 7.05 Å². The van der Waals surface area contributed by atoms with E-state index in [0.29, 0.717) is 0 Å². The second kappa shape index (κ2) is 5.60. The van der Waals surface area contributed by atoms with Crippen LogP contribution < -0.4 is 5.56 Å². The van der Waals surface area contributed by atoms with Gasteiger partial charge in [0.05, 0.1) is 17.4 Å². The van der Waals surface area contributed by atoms with Gasteiger partial charge in [0.25, 0.3) is 0 Å². The largest absolute Gasteiger partial charge is 0.322 e. The maximum atomic E-state index is 11.6. The smallest absolute Gasteiger partial charge is 0.248 e. The Labute approximate surface area is 164 Å². The zero-order valence-electron chi connectivity index (χ0n) is 15.7. The van der Waals surface area contributed by atoms with Crippen molar-refractivity contribution in [3.63, 3.8) is 0 Å². The second-order valence-corrected chi connectivity index (χ2v) is 7.60. The topological polar surface area (TPSA) is 94.3 Å². The van der Waals surface area contributed by atoms with E-state index in [4.69, 9.17) is 4.98 Å². The summed E-state index contributed by atoms with van der Waals surface area (Å²) in [6, 6.07) is 13.4. The van der Waals surface area contributed by atoms with Gasteiger partial charge >= 0.3 is 0 Å². The van der Waals surface area contributed by atoms with Crippen LogP contribution in [0, 0.1) is 0 Å². The number of aryl methyl sites for hydroxylation is 1. The van der Waals surface area contributed by atoms with Gasteiger partial charge in [-0.15, -0.1) is 5.10 Å². The molecule has 142 valence electrons. The summed E-state index contributed by atoms with van der Waals surface area (Å²) in [5, 5.41) is 14.1. The number of hydrogen-bond acceptors (Lipinski definition) is 5. The highest BCUT2D eigenvalue weighted by Crippen LogP contribution is 2.50. The lowest BCUT2D eigenvalue weighted by atomic mass is 10.0. The van der Waals surface area contributed by atoms with Gasteiger partial charge in [-0.3, -0.25) is 9.48 Å². The fraction of sp³-hybridized carbons (Fsp3) is 0.190. The van der Waals surface area contributed by atoms with Gasteiger partial charge in [-0.05, 0) is 54.1 Å². The number of pyridine rings is 2. The van der Waals surface area contributed by atoms with Crippen molar-refractivity contribution in [2.75, 3.05) is 0 Å². The number of benzene rings is 1. The molecule has 4 heterocycles. The predicted molar refractivity (Wildman–Crippen MR) is 108 cm³/mol. The predicted octanol–water partition coefficient (Wildman–Crippen LogP) is 2.61. The first kappa shape index (κ1) is 16.2. The molecule has 0 bridgehead atoms. The van der Waals surface area contributed by atoms with Gasteiger partial charge in [0.15, 0.2) is 5.65 Å². The fourth-order valence-electron chi connectivity index (χ4n) is 4.00. The van der Waals surface area contributed by atoms with E-state index in [-0.39, 0.29) is 11.1 Å². The summed E-state index contributed by atoms with van der Waals surface area (Å²) in [7, 11) is 1.89. The zero-order chi connectivity index (χ0) is 19.6. The van der Waals surface area contributed by atoms with Gasteiger partial charge < -0.3 is 4.98 Å². The minimum Gasteiger partial charge on any atom is -0.322 e. The molecule has 0 spiro atoms. The van der Waals surface area contributed by atoms with Crippen LogP contribution in [0.1, 0.15) is 18.4 Å². The number of nitrogens with zero attached hydrogens (tertiary/aromatic N) is 6. The summed E-state index contributed by atoms with van der Waals surface area (Å²) in [5.74, 6) is 0. The number of H-pyrrole nitrogens is 1. The summed E-state index contributed by atoms with van der Waals surface area (Å²) in [6.45, 7) is 0. The Hall–Kier alpha value is -3.81. The van der Waals surface area contributed by atoms with Crippen molar-refractivity contribution in [2.45, 2.75) is 18.4 Å². The van der Waals surface area contributed by atoms with Crippen molar-refractivity contribution < 1.29 is 0 Å². The lowest BCUT2D eigenvalue weighted by molar-refractivity contribution is 0.503. The molecule has 0 unspecified atom stereocenters. The van der Waals surface area contributed by atoms with Crippen LogP contribution in [0.2, 0.25) is 0 Å². The van der Waals surface area contributed by atoms with E-state index in [1.807, 2.05) is 42.2 Å². The third-order valence-electron chi connectivity index (χ3n) is 5.69. The Morgan fingerprint density at radius 2 is 2.00 bits per heavy atom. The molecular formula is C21H17N7O. The molecule has 1 aliphatic carbocycles. The Kier molecular flexibility index (Phi) is 3.12. The van der Waals surface area contributed by atoms with E-state index in [9.17, 15) is 4.79 Å². The highest BCUT2D eigenvalue weighted by Gasteiger charge is 2.48. The van der Waals surface area contributed by atoms with E-state index in [2.05, 4.69) is 32.5 Å². The van der Waals surface area contributed by atoms with Crippen LogP contribution in [0.25, 0.3) is 33.3 Å². The molecule has 0 saturated heterocycles. The first-order chi connectivity index (χ1) is 14.1. The molecule has 4 aromatic heterocycles. The molecule has 1 aliphatic rings. The third-order valence-corrected chi connectivity index (χ3v) is 5.69. The summed E-state index contributed by atoms with van der Waals surface area (Å²) in [5.41, 5.74) is 4.98. The van der Waals surface area contributed by atoms with Crippen LogP contribution in [0.3, 0.4) is 0 Å². The fourth-order valence-corrected chi connectivity index (χ4v) is 4.00. The van der Waals surface area contributed by atoms with Gasteiger partial charge in [-0.25, -0.2) is 9.67 Å². The molecule has 1 N–H and O–H groups in total. The minimum absolute atomic E-state index is 0.0965. The molecule has 8 nitrogen and oxygen atoms in total. The first-order valence-electron chi connectivity index (χ1n) is 9.48. The normalized spacial score (nSPS) is 15.2. The molecule has 1 saturated carbocycles. The number of aromatic amines is 1. The summed E-state index contributed by atoms with van der Waals surface area (Å²) in [6.07, 6.45) is 5.69. The molecule has 1 aromatic carbocycles. The molecular weight excluding hydrogens is 366 g/mol. The average molecular weight is 383 g/mol. The minimum atomic E-state index is -0.250. The monoisotopic (exact) mass is 383 g/mol. The van der Waals surface area contributed by atoms with Crippen LogP contribution >= 0.6 is 0 Å². The molecule has 8 heteroatoms. The number of nitrogens with one attached hydrogen (secondary N) is 1. The van der Waals surface area contributed by atoms with Crippen molar-refractivity contribution in [3.8, 4) is 11.3 Å². The molecule has 0 aliphatic heterocycles. The van der Waals surface area contributed by atoms with Crippen LogP contribution in [0.15, 0.2) is 59.7 Å². The molecule has 5 aromatic rings. The third kappa shape index (κ3) is 2.42. The van der Waals surface area contributed by atoms with Crippen molar-refractivity contribution >= 4 is 22.1 Å². The van der Waals surface area contributed by atoms with Gasteiger partial charge in [0.1, 0.15) is 5.52 Å². The molecule has 0 amide bonds. The van der Waals surface area contributed by atoms with Crippen LogP contribution in [0.4, 0.5) is 0 Å². The lowest BCUT2D eigenvalue weighted by Gasteiger charge is -2.17. The molecule has 0 radical (unpaired) electrons. The van der Waals surface area contributed by atoms with Crippen molar-refractivity contribution in [1.82, 2.24) is 34.7 Å². The van der Waals surface area contributed by atoms with Gasteiger partial charge in [0.2, 0.25) is 5.56 Å². The highest BCUT2D eigenvalue weighted by atomic mass is 16.1. The van der Waals surface area contributed by atoms with E-state index in [1.165, 1.54) is 0 Å². The summed E-state index contributed by atoms with van der Waals surface area (Å²) < 4.78 is 3.72. The number of hydrogen-bond donors (Lipinski definition) is 1.